The summed E-state index contributed by atoms with van der Waals surface area (Å²) in [6.07, 6.45) is 2.69. The van der Waals surface area contributed by atoms with Gasteiger partial charge in [0.2, 0.25) is 5.91 Å². The molecule has 1 aromatic carbocycles. The second kappa shape index (κ2) is 11.2. The zero-order valence-electron chi connectivity index (χ0n) is 21.1. The van der Waals surface area contributed by atoms with Gasteiger partial charge in [0.1, 0.15) is 5.82 Å². The van der Waals surface area contributed by atoms with Crippen LogP contribution < -0.4 is 10.2 Å². The molecule has 188 valence electrons. The van der Waals surface area contributed by atoms with Gasteiger partial charge in [-0.15, -0.1) is 0 Å². The number of amides is 2. The molecule has 0 unspecified atom stereocenters. The van der Waals surface area contributed by atoms with Crippen LogP contribution >= 0.6 is 0 Å². The molecule has 0 saturated carbocycles. The number of anilines is 1. The highest BCUT2D eigenvalue weighted by Gasteiger charge is 2.24. The van der Waals surface area contributed by atoms with Crippen molar-refractivity contribution < 1.29 is 9.59 Å². The van der Waals surface area contributed by atoms with Gasteiger partial charge in [0.15, 0.2) is 5.69 Å². The molecular weight excluding hydrogens is 454 g/mol. The smallest absolute Gasteiger partial charge is 0.272 e. The average molecular weight is 488 g/mol. The fourth-order valence-corrected chi connectivity index (χ4v) is 4.46. The van der Waals surface area contributed by atoms with Crippen LogP contribution in [0, 0.1) is 19.3 Å². The van der Waals surface area contributed by atoms with Crippen molar-refractivity contribution in [1.82, 2.24) is 25.0 Å². The average Bonchev–Trinajstić information content (AvgIpc) is 3.25. The van der Waals surface area contributed by atoms with Gasteiger partial charge in [0.05, 0.1) is 11.4 Å². The van der Waals surface area contributed by atoms with Crippen molar-refractivity contribution >= 4 is 23.3 Å². The van der Waals surface area contributed by atoms with Crippen molar-refractivity contribution in [3.8, 4) is 5.69 Å². The van der Waals surface area contributed by atoms with Gasteiger partial charge < -0.3 is 20.5 Å². The Bertz CT molecular complexity index is 1230. The van der Waals surface area contributed by atoms with E-state index in [-0.39, 0.29) is 23.2 Å². The molecule has 0 aliphatic carbocycles. The molecule has 2 amide bonds. The topological polar surface area (TPSA) is 107 Å². The molecule has 1 aliphatic rings. The van der Waals surface area contributed by atoms with Crippen LogP contribution in [0.15, 0.2) is 48.7 Å². The van der Waals surface area contributed by atoms with Crippen LogP contribution in [-0.2, 0) is 4.79 Å². The van der Waals surface area contributed by atoms with Crippen LogP contribution in [0.1, 0.15) is 47.1 Å². The molecule has 0 spiro atoms. The Morgan fingerprint density at radius 2 is 1.75 bits per heavy atom. The normalized spacial score (nSPS) is 13.5. The number of hydrogen-bond donors (Lipinski definition) is 2. The number of hydrogen-bond acceptors (Lipinski definition) is 6. The van der Waals surface area contributed by atoms with Gasteiger partial charge in [-0.2, -0.15) is 5.10 Å². The summed E-state index contributed by atoms with van der Waals surface area (Å²) in [5.41, 5.74) is 3.78. The Kier molecular flexibility index (Phi) is 7.77. The number of carbonyl (C=O) groups excluding carboxylic acids is 2. The van der Waals surface area contributed by atoms with Gasteiger partial charge in [0, 0.05) is 56.6 Å². The van der Waals surface area contributed by atoms with E-state index in [0.717, 1.165) is 35.9 Å². The zero-order valence-corrected chi connectivity index (χ0v) is 21.1. The first-order valence-corrected chi connectivity index (χ1v) is 12.3. The maximum Gasteiger partial charge on any atom is 0.272 e. The lowest BCUT2D eigenvalue weighted by atomic mass is 10.1. The van der Waals surface area contributed by atoms with Gasteiger partial charge in [-0.3, -0.25) is 9.59 Å². The minimum absolute atomic E-state index is 0.0976. The first kappa shape index (κ1) is 25.1. The van der Waals surface area contributed by atoms with Crippen molar-refractivity contribution in [3.63, 3.8) is 0 Å². The SMILES string of the molecule is CC(=N)c1c(C(=O)NCCCC(=O)N2CCN(c3ccccn3)CC2)nn(-c2ccc(C)cc2)c1C. The van der Waals surface area contributed by atoms with Crippen LogP contribution in [0.3, 0.4) is 0 Å². The summed E-state index contributed by atoms with van der Waals surface area (Å²) in [6, 6.07) is 13.7. The number of nitrogens with zero attached hydrogens (tertiary/aromatic N) is 5. The molecule has 0 radical (unpaired) electrons. The Labute approximate surface area is 211 Å². The standard InChI is InChI=1S/C27H33N7O2/c1-19-9-11-22(12-10-19)34-21(3)25(20(2)28)26(31-34)27(36)30-14-6-8-24(35)33-17-15-32(16-18-33)23-7-4-5-13-29-23/h4-5,7,9-13,28H,6,8,14-18H2,1-3H3,(H,30,36). The number of nitrogens with one attached hydrogen (secondary N) is 2. The van der Waals surface area contributed by atoms with E-state index >= 15 is 0 Å². The van der Waals surface area contributed by atoms with Crippen LogP contribution in [0.25, 0.3) is 5.69 Å². The predicted octanol–water partition coefficient (Wildman–Crippen LogP) is 3.13. The minimum atomic E-state index is -0.331. The first-order valence-electron chi connectivity index (χ1n) is 12.3. The Morgan fingerprint density at radius 3 is 2.39 bits per heavy atom. The summed E-state index contributed by atoms with van der Waals surface area (Å²) in [4.78, 5) is 34.1. The van der Waals surface area contributed by atoms with Crippen molar-refractivity contribution in [2.45, 2.75) is 33.6 Å². The number of benzene rings is 1. The molecule has 0 bridgehead atoms. The molecule has 2 aromatic heterocycles. The molecule has 2 N–H and O–H groups in total. The number of rotatable bonds is 8. The molecule has 3 aromatic rings. The molecule has 1 fully saturated rings. The fourth-order valence-electron chi connectivity index (χ4n) is 4.46. The molecule has 3 heterocycles. The molecule has 9 heteroatoms. The molecule has 0 atom stereocenters. The molecule has 1 saturated heterocycles. The maximum absolute atomic E-state index is 12.9. The van der Waals surface area contributed by atoms with Crippen molar-refractivity contribution in [1.29, 1.82) is 5.41 Å². The van der Waals surface area contributed by atoms with E-state index in [1.165, 1.54) is 0 Å². The first-order chi connectivity index (χ1) is 17.3. The van der Waals surface area contributed by atoms with Crippen LogP contribution in [0.5, 0.6) is 0 Å². The number of carbonyl (C=O) groups is 2. The van der Waals surface area contributed by atoms with E-state index in [0.29, 0.717) is 38.0 Å². The number of aryl methyl sites for hydroxylation is 1. The molecule has 1 aliphatic heterocycles. The Balaban J connectivity index is 1.29. The third-order valence-electron chi connectivity index (χ3n) is 6.44. The van der Waals surface area contributed by atoms with E-state index in [9.17, 15) is 9.59 Å². The summed E-state index contributed by atoms with van der Waals surface area (Å²) in [5.74, 6) is 0.703. The number of piperazine rings is 1. The van der Waals surface area contributed by atoms with E-state index in [1.807, 2.05) is 61.2 Å². The molecule has 9 nitrogen and oxygen atoms in total. The van der Waals surface area contributed by atoms with E-state index in [1.54, 1.807) is 17.8 Å². The Hall–Kier alpha value is -4.01. The van der Waals surface area contributed by atoms with Crippen LogP contribution in [-0.4, -0.2) is 69.9 Å². The van der Waals surface area contributed by atoms with Crippen molar-refractivity contribution in [3.05, 3.63) is 71.2 Å². The van der Waals surface area contributed by atoms with Gasteiger partial charge in [-0.25, -0.2) is 9.67 Å². The Morgan fingerprint density at radius 1 is 1.03 bits per heavy atom. The quantitative estimate of drug-likeness (QED) is 0.375. The lowest BCUT2D eigenvalue weighted by molar-refractivity contribution is -0.131. The van der Waals surface area contributed by atoms with Crippen LogP contribution in [0.4, 0.5) is 5.82 Å². The summed E-state index contributed by atoms with van der Waals surface area (Å²) in [6.45, 7) is 8.75. The number of aromatic nitrogens is 3. The number of pyridine rings is 1. The van der Waals surface area contributed by atoms with E-state index in [2.05, 4.69) is 20.3 Å². The van der Waals surface area contributed by atoms with Gasteiger partial charge in [-0.05, 0) is 51.5 Å². The lowest BCUT2D eigenvalue weighted by Gasteiger charge is -2.35. The summed E-state index contributed by atoms with van der Waals surface area (Å²) in [5, 5.41) is 15.6. The second-order valence-electron chi connectivity index (χ2n) is 9.10. The zero-order chi connectivity index (χ0) is 25.7. The minimum Gasteiger partial charge on any atom is -0.353 e. The van der Waals surface area contributed by atoms with E-state index in [4.69, 9.17) is 5.41 Å². The maximum atomic E-state index is 12.9. The van der Waals surface area contributed by atoms with Crippen LogP contribution in [0.2, 0.25) is 0 Å². The molecule has 4 rings (SSSR count). The summed E-state index contributed by atoms with van der Waals surface area (Å²) >= 11 is 0. The van der Waals surface area contributed by atoms with E-state index < -0.39 is 0 Å². The highest BCUT2D eigenvalue weighted by Crippen LogP contribution is 2.20. The van der Waals surface area contributed by atoms with Gasteiger partial charge in [0.25, 0.3) is 5.91 Å². The predicted molar refractivity (Wildman–Crippen MR) is 140 cm³/mol. The van der Waals surface area contributed by atoms with Crippen molar-refractivity contribution in [2.24, 2.45) is 0 Å². The molecular formula is C27H33N7O2. The van der Waals surface area contributed by atoms with Gasteiger partial charge in [-0.1, -0.05) is 23.8 Å². The highest BCUT2D eigenvalue weighted by atomic mass is 16.2. The van der Waals surface area contributed by atoms with Gasteiger partial charge >= 0.3 is 0 Å². The third kappa shape index (κ3) is 5.62. The fraction of sp³-hybridized carbons (Fsp3) is 0.370. The highest BCUT2D eigenvalue weighted by molar-refractivity contribution is 6.08. The monoisotopic (exact) mass is 487 g/mol. The lowest BCUT2D eigenvalue weighted by Crippen LogP contribution is -2.49. The second-order valence-corrected chi connectivity index (χ2v) is 9.10. The summed E-state index contributed by atoms with van der Waals surface area (Å²) in [7, 11) is 0. The summed E-state index contributed by atoms with van der Waals surface area (Å²) < 4.78 is 1.70. The van der Waals surface area contributed by atoms with Crippen molar-refractivity contribution in [2.75, 3.05) is 37.6 Å². The largest absolute Gasteiger partial charge is 0.353 e. The molecule has 36 heavy (non-hydrogen) atoms. The third-order valence-corrected chi connectivity index (χ3v) is 6.44.